The second kappa shape index (κ2) is 8.34. The molecule has 3 aromatic heterocycles. The molecule has 0 fully saturated rings. The van der Waals surface area contributed by atoms with E-state index in [4.69, 9.17) is 4.52 Å². The number of benzene rings is 1. The maximum absolute atomic E-state index is 12.2. The van der Waals surface area contributed by atoms with Crippen molar-refractivity contribution in [1.29, 1.82) is 0 Å². The lowest BCUT2D eigenvalue weighted by Crippen LogP contribution is -2.29. The van der Waals surface area contributed by atoms with Gasteiger partial charge in [-0.25, -0.2) is 4.68 Å². The summed E-state index contributed by atoms with van der Waals surface area (Å²) in [5, 5.41) is 22.3. The van der Waals surface area contributed by atoms with Crippen LogP contribution in [0.15, 0.2) is 65.3 Å². The van der Waals surface area contributed by atoms with Gasteiger partial charge in [-0.3, -0.25) is 4.79 Å². The highest BCUT2D eigenvalue weighted by Gasteiger charge is 2.13. The third kappa shape index (κ3) is 4.46. The number of carbonyl (C=O) groups is 1. The number of amides is 1. The molecule has 0 spiro atoms. The molecule has 1 aromatic carbocycles. The molecular formula is C20H19N7O2. The van der Waals surface area contributed by atoms with E-state index in [2.05, 4.69) is 31.1 Å². The van der Waals surface area contributed by atoms with E-state index in [1.807, 2.05) is 61.7 Å². The second-order valence-electron chi connectivity index (χ2n) is 6.30. The minimum Gasteiger partial charge on any atom is -0.367 e. The van der Waals surface area contributed by atoms with E-state index in [0.29, 0.717) is 30.5 Å². The third-order valence-electron chi connectivity index (χ3n) is 4.13. The normalized spacial score (nSPS) is 10.7. The summed E-state index contributed by atoms with van der Waals surface area (Å²) in [6, 6.07) is 16.7. The minimum atomic E-state index is -0.298. The lowest BCUT2D eigenvalue weighted by molar-refractivity contribution is 0.0946. The molecule has 0 aliphatic rings. The molecule has 0 atom stereocenters. The predicted octanol–water partition coefficient (Wildman–Crippen LogP) is 2.47. The number of hydrogen-bond donors (Lipinski definition) is 2. The zero-order valence-electron chi connectivity index (χ0n) is 15.7. The summed E-state index contributed by atoms with van der Waals surface area (Å²) in [6.07, 6.45) is 1.83. The van der Waals surface area contributed by atoms with Gasteiger partial charge in [-0.05, 0) is 25.1 Å². The summed E-state index contributed by atoms with van der Waals surface area (Å²) in [4.78, 5) is 12.2. The van der Waals surface area contributed by atoms with E-state index in [-0.39, 0.29) is 11.6 Å². The zero-order chi connectivity index (χ0) is 20.1. The fourth-order valence-electron chi connectivity index (χ4n) is 2.66. The number of anilines is 1. The molecule has 0 bridgehead atoms. The summed E-state index contributed by atoms with van der Waals surface area (Å²) >= 11 is 0. The van der Waals surface area contributed by atoms with Crippen molar-refractivity contribution in [1.82, 2.24) is 30.5 Å². The van der Waals surface area contributed by atoms with Crippen molar-refractivity contribution >= 4 is 11.7 Å². The van der Waals surface area contributed by atoms with E-state index in [9.17, 15) is 4.79 Å². The number of rotatable bonds is 7. The predicted molar refractivity (Wildman–Crippen MR) is 107 cm³/mol. The van der Waals surface area contributed by atoms with E-state index in [0.717, 1.165) is 11.3 Å². The zero-order valence-corrected chi connectivity index (χ0v) is 15.7. The Hall–Kier alpha value is -4.01. The van der Waals surface area contributed by atoms with Crippen LogP contribution in [0.5, 0.6) is 0 Å². The van der Waals surface area contributed by atoms with Crippen LogP contribution in [0.3, 0.4) is 0 Å². The van der Waals surface area contributed by atoms with Crippen molar-refractivity contribution in [3.8, 4) is 17.1 Å². The second-order valence-corrected chi connectivity index (χ2v) is 6.30. The van der Waals surface area contributed by atoms with E-state index < -0.39 is 0 Å². The largest absolute Gasteiger partial charge is 0.367 e. The monoisotopic (exact) mass is 389 g/mol. The van der Waals surface area contributed by atoms with Crippen molar-refractivity contribution in [3.05, 3.63) is 72.2 Å². The number of carbonyl (C=O) groups excluding carboxylic acids is 1. The van der Waals surface area contributed by atoms with Crippen LogP contribution in [0.25, 0.3) is 17.1 Å². The van der Waals surface area contributed by atoms with Gasteiger partial charge >= 0.3 is 0 Å². The van der Waals surface area contributed by atoms with Crippen molar-refractivity contribution in [2.45, 2.75) is 6.92 Å². The first-order chi connectivity index (χ1) is 14.2. The number of aromatic nitrogens is 5. The van der Waals surface area contributed by atoms with Gasteiger partial charge in [0.1, 0.15) is 5.82 Å². The van der Waals surface area contributed by atoms with Crippen LogP contribution in [0.4, 0.5) is 5.82 Å². The highest BCUT2D eigenvalue weighted by molar-refractivity contribution is 5.93. The van der Waals surface area contributed by atoms with Gasteiger partial charge in [0.05, 0.1) is 5.69 Å². The molecule has 0 aliphatic heterocycles. The molecule has 1 amide bonds. The van der Waals surface area contributed by atoms with Gasteiger partial charge in [-0.2, -0.15) is 5.10 Å². The fraction of sp³-hybridized carbons (Fsp3) is 0.150. The van der Waals surface area contributed by atoms with Crippen LogP contribution in [0.1, 0.15) is 16.2 Å². The Morgan fingerprint density at radius 1 is 1.07 bits per heavy atom. The van der Waals surface area contributed by atoms with Gasteiger partial charge in [0, 0.05) is 30.9 Å². The Balaban J connectivity index is 1.25. The lowest BCUT2D eigenvalue weighted by atomic mass is 10.1. The van der Waals surface area contributed by atoms with Gasteiger partial charge in [0.25, 0.3) is 5.91 Å². The standard InChI is InChI=1S/C20H19N7O2/c1-14-9-12-27(25-14)19-8-7-18(23-24-19)21-10-11-22-20(28)16-13-17(29-26-16)15-5-3-2-4-6-15/h2-9,12-13H,10-11H2,1H3,(H,21,23)(H,22,28). The molecular weight excluding hydrogens is 370 g/mol. The van der Waals surface area contributed by atoms with Crippen molar-refractivity contribution in [2.75, 3.05) is 18.4 Å². The average Bonchev–Trinajstić information content (AvgIpc) is 3.42. The number of nitrogens with zero attached hydrogens (tertiary/aromatic N) is 5. The first-order valence-corrected chi connectivity index (χ1v) is 9.09. The molecule has 0 aliphatic carbocycles. The average molecular weight is 389 g/mol. The van der Waals surface area contributed by atoms with Crippen molar-refractivity contribution in [3.63, 3.8) is 0 Å². The first kappa shape index (κ1) is 18.4. The smallest absolute Gasteiger partial charge is 0.273 e. The van der Waals surface area contributed by atoms with E-state index in [1.54, 1.807) is 10.7 Å². The first-order valence-electron chi connectivity index (χ1n) is 9.09. The van der Waals surface area contributed by atoms with Crippen LogP contribution in [-0.2, 0) is 0 Å². The molecule has 3 heterocycles. The topological polar surface area (TPSA) is 111 Å². The quantitative estimate of drug-likeness (QED) is 0.467. The summed E-state index contributed by atoms with van der Waals surface area (Å²) in [7, 11) is 0. The molecule has 0 saturated carbocycles. The minimum absolute atomic E-state index is 0.238. The molecule has 146 valence electrons. The molecule has 4 rings (SSSR count). The molecule has 0 radical (unpaired) electrons. The van der Waals surface area contributed by atoms with E-state index >= 15 is 0 Å². The fourth-order valence-corrected chi connectivity index (χ4v) is 2.66. The van der Waals surface area contributed by atoms with E-state index in [1.165, 1.54) is 0 Å². The maximum Gasteiger partial charge on any atom is 0.273 e. The Kier molecular flexibility index (Phi) is 5.28. The Morgan fingerprint density at radius 3 is 2.66 bits per heavy atom. The van der Waals surface area contributed by atoms with Crippen LogP contribution in [0, 0.1) is 6.92 Å². The van der Waals surface area contributed by atoms with Crippen LogP contribution >= 0.6 is 0 Å². The highest BCUT2D eigenvalue weighted by atomic mass is 16.5. The number of aryl methyl sites for hydroxylation is 1. The Labute approximate surface area is 166 Å². The van der Waals surface area contributed by atoms with Crippen molar-refractivity contribution < 1.29 is 9.32 Å². The molecule has 0 saturated heterocycles. The molecule has 9 heteroatoms. The van der Waals surface area contributed by atoms with Crippen LogP contribution in [0.2, 0.25) is 0 Å². The molecule has 9 nitrogen and oxygen atoms in total. The van der Waals surface area contributed by atoms with Crippen LogP contribution in [-0.4, -0.2) is 44.1 Å². The molecule has 29 heavy (non-hydrogen) atoms. The van der Waals surface area contributed by atoms with Gasteiger partial charge in [-0.15, -0.1) is 10.2 Å². The van der Waals surface area contributed by atoms with Gasteiger partial charge in [-0.1, -0.05) is 35.5 Å². The molecule has 4 aromatic rings. The van der Waals surface area contributed by atoms with Crippen molar-refractivity contribution in [2.24, 2.45) is 0 Å². The highest BCUT2D eigenvalue weighted by Crippen LogP contribution is 2.19. The summed E-state index contributed by atoms with van der Waals surface area (Å²) in [6.45, 7) is 2.80. The summed E-state index contributed by atoms with van der Waals surface area (Å²) in [5.74, 6) is 1.50. The Bertz CT molecular complexity index is 1090. The third-order valence-corrected chi connectivity index (χ3v) is 4.13. The molecule has 0 unspecified atom stereocenters. The Morgan fingerprint density at radius 2 is 1.93 bits per heavy atom. The number of nitrogens with one attached hydrogen (secondary N) is 2. The summed E-state index contributed by atoms with van der Waals surface area (Å²) in [5.41, 5.74) is 2.02. The van der Waals surface area contributed by atoms with Gasteiger partial charge < -0.3 is 15.2 Å². The summed E-state index contributed by atoms with van der Waals surface area (Å²) < 4.78 is 6.91. The van der Waals surface area contributed by atoms with Gasteiger partial charge in [0.2, 0.25) is 0 Å². The SMILES string of the molecule is Cc1ccn(-c2ccc(NCCNC(=O)c3cc(-c4ccccc4)on3)nn2)n1. The van der Waals surface area contributed by atoms with Crippen LogP contribution < -0.4 is 10.6 Å². The number of hydrogen-bond acceptors (Lipinski definition) is 7. The maximum atomic E-state index is 12.2. The lowest BCUT2D eigenvalue weighted by Gasteiger charge is -2.06. The molecule has 2 N–H and O–H groups in total. The van der Waals surface area contributed by atoms with Gasteiger partial charge in [0.15, 0.2) is 17.3 Å².